The number of anilines is 1. The van der Waals surface area contributed by atoms with Crippen molar-refractivity contribution >= 4 is 17.5 Å². The van der Waals surface area contributed by atoms with Gasteiger partial charge in [-0.3, -0.25) is 19.3 Å². The van der Waals surface area contributed by atoms with Crippen molar-refractivity contribution in [3.05, 3.63) is 63.6 Å². The van der Waals surface area contributed by atoms with E-state index in [2.05, 4.69) is 16.3 Å². The normalized spacial score (nSPS) is 22.5. The molecule has 2 saturated heterocycles. The van der Waals surface area contributed by atoms with Crippen molar-refractivity contribution in [2.24, 2.45) is 5.92 Å². The third-order valence-corrected chi connectivity index (χ3v) is 7.57. The highest BCUT2D eigenvalue weighted by Gasteiger charge is 2.39. The van der Waals surface area contributed by atoms with Crippen LogP contribution in [-0.2, 0) is 11.3 Å². The fourth-order valence-corrected chi connectivity index (χ4v) is 5.89. The third-order valence-electron chi connectivity index (χ3n) is 7.57. The summed E-state index contributed by atoms with van der Waals surface area (Å²) in [5.41, 5.74) is 2.55. The number of piperidine rings is 2. The first-order chi connectivity index (χ1) is 16.4. The minimum atomic E-state index is -0.252. The van der Waals surface area contributed by atoms with E-state index in [-0.39, 0.29) is 23.3 Å². The second-order valence-electron chi connectivity index (χ2n) is 9.71. The lowest BCUT2D eigenvalue weighted by atomic mass is 9.81. The zero-order valence-corrected chi connectivity index (χ0v) is 19.4. The molecule has 1 aromatic heterocycles. The number of fused-ring (bicyclic) bond motifs is 4. The van der Waals surface area contributed by atoms with Gasteiger partial charge in [-0.25, -0.2) is 0 Å². The predicted molar refractivity (Wildman–Crippen MR) is 128 cm³/mol. The van der Waals surface area contributed by atoms with E-state index in [0.29, 0.717) is 35.3 Å². The van der Waals surface area contributed by atoms with Crippen LogP contribution in [0, 0.1) is 17.2 Å². The number of carbonyl (C=O) groups excluding carboxylic acids is 2. The van der Waals surface area contributed by atoms with E-state index in [1.807, 2.05) is 9.47 Å². The van der Waals surface area contributed by atoms with Crippen LogP contribution >= 0.6 is 0 Å². The summed E-state index contributed by atoms with van der Waals surface area (Å²) in [5.74, 6) is 0.463. The number of benzene rings is 1. The second kappa shape index (κ2) is 9.07. The van der Waals surface area contributed by atoms with Crippen LogP contribution in [0.25, 0.3) is 0 Å². The van der Waals surface area contributed by atoms with Crippen molar-refractivity contribution < 1.29 is 9.59 Å². The highest BCUT2D eigenvalue weighted by Crippen LogP contribution is 2.40. The van der Waals surface area contributed by atoms with Crippen LogP contribution in [0.2, 0.25) is 0 Å². The van der Waals surface area contributed by atoms with Crippen LogP contribution in [-0.4, -0.2) is 58.4 Å². The zero-order valence-electron chi connectivity index (χ0n) is 19.4. The maximum Gasteiger partial charge on any atom is 0.255 e. The van der Waals surface area contributed by atoms with Gasteiger partial charge in [-0.1, -0.05) is 0 Å². The number of nitrogens with one attached hydrogen (secondary N) is 1. The summed E-state index contributed by atoms with van der Waals surface area (Å²) in [6.45, 7) is 5.71. The molecular formula is C26H29N5O3. The van der Waals surface area contributed by atoms with Crippen molar-refractivity contribution in [3.8, 4) is 6.07 Å². The van der Waals surface area contributed by atoms with Crippen LogP contribution in [0.3, 0.4) is 0 Å². The van der Waals surface area contributed by atoms with Crippen molar-refractivity contribution in [1.82, 2.24) is 14.4 Å². The van der Waals surface area contributed by atoms with Crippen molar-refractivity contribution in [2.45, 2.75) is 44.7 Å². The molecule has 3 aliphatic rings. The molecule has 5 rings (SSSR count). The molecule has 2 fully saturated rings. The Labute approximate surface area is 198 Å². The van der Waals surface area contributed by atoms with Gasteiger partial charge in [0.25, 0.3) is 11.5 Å². The number of nitriles is 1. The summed E-state index contributed by atoms with van der Waals surface area (Å²) < 4.78 is 1.85. The Morgan fingerprint density at radius 2 is 1.76 bits per heavy atom. The molecule has 8 nitrogen and oxygen atoms in total. The molecular weight excluding hydrogens is 430 g/mol. The molecule has 176 valence electrons. The highest BCUT2D eigenvalue weighted by molar-refractivity contribution is 6.04. The Kier molecular flexibility index (Phi) is 5.96. The summed E-state index contributed by atoms with van der Waals surface area (Å²) in [6.07, 6.45) is 2.96. The van der Waals surface area contributed by atoms with E-state index in [1.165, 1.54) is 6.07 Å². The first-order valence-corrected chi connectivity index (χ1v) is 12.0. The molecule has 8 heteroatoms. The predicted octanol–water partition coefficient (Wildman–Crippen LogP) is 2.40. The van der Waals surface area contributed by atoms with Crippen molar-refractivity contribution in [2.75, 3.05) is 31.5 Å². The molecule has 2 aromatic rings. The van der Waals surface area contributed by atoms with Crippen molar-refractivity contribution in [1.29, 1.82) is 5.26 Å². The first-order valence-electron chi connectivity index (χ1n) is 12.0. The maximum absolute atomic E-state index is 12.9. The van der Waals surface area contributed by atoms with Crippen LogP contribution in [0.4, 0.5) is 5.69 Å². The van der Waals surface area contributed by atoms with Crippen LogP contribution in [0.1, 0.15) is 53.7 Å². The number of amides is 2. The Morgan fingerprint density at radius 3 is 2.44 bits per heavy atom. The quantitative estimate of drug-likeness (QED) is 0.760. The van der Waals surface area contributed by atoms with Crippen molar-refractivity contribution in [3.63, 3.8) is 0 Å². The van der Waals surface area contributed by atoms with Gasteiger partial charge >= 0.3 is 0 Å². The highest BCUT2D eigenvalue weighted by atomic mass is 16.2. The van der Waals surface area contributed by atoms with E-state index < -0.39 is 0 Å². The minimum Gasteiger partial charge on any atom is -0.343 e. The van der Waals surface area contributed by atoms with Gasteiger partial charge in [0, 0.05) is 68.9 Å². The molecule has 4 heterocycles. The largest absolute Gasteiger partial charge is 0.343 e. The minimum absolute atomic E-state index is 0.0238. The van der Waals surface area contributed by atoms with E-state index in [9.17, 15) is 14.4 Å². The Bertz CT molecular complexity index is 1200. The summed E-state index contributed by atoms with van der Waals surface area (Å²) in [5, 5.41) is 12.0. The van der Waals surface area contributed by atoms with Gasteiger partial charge in [0.15, 0.2) is 0 Å². The lowest BCUT2D eigenvalue weighted by Gasteiger charge is -2.47. The average molecular weight is 460 g/mol. The third kappa shape index (κ3) is 4.24. The fraction of sp³-hybridized carbons (Fsp3) is 0.462. The lowest BCUT2D eigenvalue weighted by Crippen LogP contribution is -2.53. The number of carbonyl (C=O) groups is 2. The van der Waals surface area contributed by atoms with Gasteiger partial charge < -0.3 is 14.8 Å². The smallest absolute Gasteiger partial charge is 0.255 e. The van der Waals surface area contributed by atoms with Crippen LogP contribution in [0.15, 0.2) is 41.2 Å². The van der Waals surface area contributed by atoms with Crippen LogP contribution < -0.4 is 10.9 Å². The van der Waals surface area contributed by atoms with Crippen LogP contribution in [0.5, 0.6) is 0 Å². The number of hydrogen-bond donors (Lipinski definition) is 1. The standard InChI is InChI=1S/C26H29N5O3/c1-17(32)29-10-8-22(9-11-29)30-14-19-12-21(16-30)25-23(6-7-24(33)31(25)15-19)28-26(34)20-4-2-18(13-27)3-5-20/h2-7,19,21-22H,8-12,14-16H2,1H3,(H,28,34). The summed E-state index contributed by atoms with van der Waals surface area (Å²) in [4.78, 5) is 41.8. The molecule has 1 aromatic carbocycles. The molecule has 2 atom stereocenters. The van der Waals surface area contributed by atoms with Gasteiger partial charge in [0.2, 0.25) is 5.91 Å². The van der Waals surface area contributed by atoms with E-state index in [4.69, 9.17) is 5.26 Å². The molecule has 0 radical (unpaired) electrons. The molecule has 1 N–H and O–H groups in total. The number of pyridine rings is 1. The van der Waals surface area contributed by atoms with Gasteiger partial charge in [0.05, 0.1) is 17.3 Å². The number of aromatic nitrogens is 1. The maximum atomic E-state index is 12.9. The zero-order chi connectivity index (χ0) is 23.8. The topological polar surface area (TPSA) is 98.4 Å². The second-order valence-corrected chi connectivity index (χ2v) is 9.71. The number of hydrogen-bond acceptors (Lipinski definition) is 5. The molecule has 0 aliphatic carbocycles. The van der Waals surface area contributed by atoms with Gasteiger partial charge in [-0.2, -0.15) is 5.26 Å². The van der Waals surface area contributed by atoms with E-state index in [0.717, 1.165) is 51.1 Å². The Hall–Kier alpha value is -3.44. The molecule has 34 heavy (non-hydrogen) atoms. The lowest BCUT2D eigenvalue weighted by molar-refractivity contribution is -0.130. The van der Waals surface area contributed by atoms with E-state index >= 15 is 0 Å². The average Bonchev–Trinajstić information content (AvgIpc) is 2.85. The number of nitrogens with zero attached hydrogens (tertiary/aromatic N) is 4. The van der Waals surface area contributed by atoms with Gasteiger partial charge in [-0.15, -0.1) is 0 Å². The molecule has 2 amide bonds. The number of likely N-dealkylation sites (tertiary alicyclic amines) is 2. The monoisotopic (exact) mass is 459 g/mol. The number of rotatable bonds is 3. The molecule has 0 spiro atoms. The Balaban J connectivity index is 1.37. The molecule has 2 unspecified atom stereocenters. The summed E-state index contributed by atoms with van der Waals surface area (Å²) in [7, 11) is 0. The van der Waals surface area contributed by atoms with Gasteiger partial charge in [-0.05, 0) is 55.5 Å². The molecule has 2 bridgehead atoms. The molecule has 3 aliphatic heterocycles. The SMILES string of the molecule is CC(=O)N1CCC(N2CC3CC(C2)c2c(NC(=O)c4ccc(C#N)cc4)ccc(=O)n2C3)CC1. The fourth-order valence-electron chi connectivity index (χ4n) is 5.89. The van der Waals surface area contributed by atoms with E-state index in [1.54, 1.807) is 37.3 Å². The Morgan fingerprint density at radius 1 is 1.03 bits per heavy atom. The summed E-state index contributed by atoms with van der Waals surface area (Å²) in [6, 6.07) is 12.3. The first kappa shape index (κ1) is 22.4. The summed E-state index contributed by atoms with van der Waals surface area (Å²) >= 11 is 0. The molecule has 0 saturated carbocycles. The van der Waals surface area contributed by atoms with Gasteiger partial charge in [0.1, 0.15) is 0 Å².